The lowest BCUT2D eigenvalue weighted by atomic mass is 9.99. The second kappa shape index (κ2) is 4.84. The van der Waals surface area contributed by atoms with Crippen molar-refractivity contribution in [2.24, 2.45) is 5.73 Å². The molecule has 1 heterocycles. The molecule has 0 radical (unpaired) electrons. The van der Waals surface area contributed by atoms with Crippen LogP contribution in [-0.2, 0) is 0 Å². The van der Waals surface area contributed by atoms with Crippen LogP contribution in [0.25, 0.3) is 22.0 Å². The quantitative estimate of drug-likeness (QED) is 0.670. The molecule has 0 unspecified atom stereocenters. The van der Waals surface area contributed by atoms with E-state index in [9.17, 15) is 0 Å². The summed E-state index contributed by atoms with van der Waals surface area (Å²) in [5.74, 6) is 0. The van der Waals surface area contributed by atoms with Crippen molar-refractivity contribution in [3.05, 3.63) is 54.2 Å². The number of nitrogens with two attached hydrogens (primary N) is 1. The first-order valence-corrected chi connectivity index (χ1v) is 6.18. The molecular formula is C15H15N3O. The Hall–Kier alpha value is -2.17. The molecule has 4 heteroatoms. The molecule has 0 aliphatic heterocycles. The van der Waals surface area contributed by atoms with E-state index in [2.05, 4.69) is 16.3 Å². The summed E-state index contributed by atoms with van der Waals surface area (Å²) in [6.45, 7) is -0.0450. The van der Waals surface area contributed by atoms with E-state index in [0.29, 0.717) is 0 Å². The van der Waals surface area contributed by atoms with Gasteiger partial charge in [0, 0.05) is 5.39 Å². The topological polar surface area (TPSA) is 74.9 Å². The largest absolute Gasteiger partial charge is 0.394 e. The van der Waals surface area contributed by atoms with E-state index >= 15 is 0 Å². The van der Waals surface area contributed by atoms with E-state index < -0.39 is 0 Å². The zero-order valence-electron chi connectivity index (χ0n) is 10.4. The van der Waals surface area contributed by atoms with E-state index in [1.165, 1.54) is 0 Å². The normalized spacial score (nSPS) is 12.7. The van der Waals surface area contributed by atoms with Gasteiger partial charge in [-0.3, -0.25) is 5.10 Å². The van der Waals surface area contributed by atoms with Gasteiger partial charge >= 0.3 is 0 Å². The molecule has 0 spiro atoms. The van der Waals surface area contributed by atoms with Gasteiger partial charge < -0.3 is 10.8 Å². The highest BCUT2D eigenvalue weighted by Gasteiger charge is 2.07. The highest BCUT2D eigenvalue weighted by atomic mass is 16.3. The molecule has 1 aromatic heterocycles. The van der Waals surface area contributed by atoms with E-state index in [0.717, 1.165) is 27.6 Å². The number of rotatable bonds is 3. The molecule has 0 saturated carbocycles. The number of hydrogen-bond acceptors (Lipinski definition) is 3. The Labute approximate surface area is 110 Å². The molecule has 0 aliphatic carbocycles. The summed E-state index contributed by atoms with van der Waals surface area (Å²) < 4.78 is 0. The number of nitrogens with zero attached hydrogens (tertiary/aromatic N) is 1. The molecule has 1 atom stereocenters. The predicted molar refractivity (Wildman–Crippen MR) is 75.5 cm³/mol. The van der Waals surface area contributed by atoms with Crippen molar-refractivity contribution in [2.75, 3.05) is 6.61 Å². The molecule has 0 bridgehead atoms. The molecule has 96 valence electrons. The van der Waals surface area contributed by atoms with Crippen molar-refractivity contribution in [1.82, 2.24) is 10.2 Å². The summed E-state index contributed by atoms with van der Waals surface area (Å²) in [5, 5.41) is 17.2. The minimum absolute atomic E-state index is 0.0450. The van der Waals surface area contributed by atoms with Gasteiger partial charge in [0.15, 0.2) is 0 Å². The molecule has 4 nitrogen and oxygen atoms in total. The summed E-state index contributed by atoms with van der Waals surface area (Å²) in [7, 11) is 0. The maximum Gasteiger partial charge on any atom is 0.0656 e. The zero-order chi connectivity index (χ0) is 13.2. The Morgan fingerprint density at radius 2 is 1.95 bits per heavy atom. The summed E-state index contributed by atoms with van der Waals surface area (Å²) in [4.78, 5) is 0. The van der Waals surface area contributed by atoms with Gasteiger partial charge in [-0.2, -0.15) is 5.10 Å². The van der Waals surface area contributed by atoms with Gasteiger partial charge in [-0.25, -0.2) is 0 Å². The lowest BCUT2D eigenvalue weighted by Crippen LogP contribution is -2.14. The van der Waals surface area contributed by atoms with Crippen molar-refractivity contribution in [3.8, 4) is 11.1 Å². The summed E-state index contributed by atoms with van der Waals surface area (Å²) >= 11 is 0. The Morgan fingerprint density at radius 3 is 2.68 bits per heavy atom. The number of hydrogen-bond donors (Lipinski definition) is 3. The summed E-state index contributed by atoms with van der Waals surface area (Å²) in [5.41, 5.74) is 10.00. The van der Waals surface area contributed by atoms with Gasteiger partial charge in [-0.15, -0.1) is 0 Å². The minimum Gasteiger partial charge on any atom is -0.394 e. The standard InChI is InChI=1S/C15H15N3O/c16-14(9-19)11-6-4-10(5-7-11)12-2-1-3-15-13(12)8-17-18-15/h1-8,14,19H,9,16H2,(H,17,18)/t14-/m0/s1. The number of benzene rings is 2. The van der Waals surface area contributed by atoms with Crippen LogP contribution in [-0.4, -0.2) is 21.9 Å². The Kier molecular flexibility index (Phi) is 3.03. The third-order valence-electron chi connectivity index (χ3n) is 3.33. The fourth-order valence-corrected chi connectivity index (χ4v) is 2.24. The van der Waals surface area contributed by atoms with Crippen LogP contribution >= 0.6 is 0 Å². The molecular weight excluding hydrogens is 238 g/mol. The fraction of sp³-hybridized carbons (Fsp3) is 0.133. The van der Waals surface area contributed by atoms with Crippen LogP contribution in [0.4, 0.5) is 0 Å². The van der Waals surface area contributed by atoms with E-state index in [1.807, 2.05) is 42.6 Å². The molecule has 0 amide bonds. The molecule has 3 aromatic rings. The zero-order valence-corrected chi connectivity index (χ0v) is 10.4. The van der Waals surface area contributed by atoms with Crippen LogP contribution in [0.5, 0.6) is 0 Å². The predicted octanol–water partition coefficient (Wildman–Crippen LogP) is 2.22. The molecule has 0 aliphatic rings. The molecule has 4 N–H and O–H groups in total. The first-order chi connectivity index (χ1) is 9.29. The Balaban J connectivity index is 2.05. The first-order valence-electron chi connectivity index (χ1n) is 6.18. The first kappa shape index (κ1) is 11.9. The maximum absolute atomic E-state index is 9.05. The van der Waals surface area contributed by atoms with E-state index in [4.69, 9.17) is 10.8 Å². The van der Waals surface area contributed by atoms with Gasteiger partial charge in [0.05, 0.1) is 24.4 Å². The molecule has 2 aromatic carbocycles. The summed E-state index contributed by atoms with van der Waals surface area (Å²) in [6.07, 6.45) is 1.83. The summed E-state index contributed by atoms with van der Waals surface area (Å²) in [6, 6.07) is 13.7. The van der Waals surface area contributed by atoms with Gasteiger partial charge in [-0.1, -0.05) is 36.4 Å². The highest BCUT2D eigenvalue weighted by Crippen LogP contribution is 2.28. The Morgan fingerprint density at radius 1 is 1.16 bits per heavy atom. The SMILES string of the molecule is N[C@@H](CO)c1ccc(-c2cccc3[nH]ncc23)cc1. The number of aromatic amines is 1. The molecule has 0 fully saturated rings. The van der Waals surface area contributed by atoms with Crippen molar-refractivity contribution in [2.45, 2.75) is 6.04 Å². The third kappa shape index (κ3) is 2.12. The van der Waals surface area contributed by atoms with Crippen LogP contribution < -0.4 is 5.73 Å². The van der Waals surface area contributed by atoms with Gasteiger partial charge in [-0.05, 0) is 22.8 Å². The number of nitrogens with one attached hydrogen (secondary N) is 1. The van der Waals surface area contributed by atoms with Crippen LogP contribution in [0, 0.1) is 0 Å². The van der Waals surface area contributed by atoms with Gasteiger partial charge in [0.25, 0.3) is 0 Å². The minimum atomic E-state index is -0.321. The third-order valence-corrected chi connectivity index (χ3v) is 3.33. The second-order valence-electron chi connectivity index (χ2n) is 4.55. The van der Waals surface area contributed by atoms with Crippen molar-refractivity contribution >= 4 is 10.9 Å². The number of fused-ring (bicyclic) bond motifs is 1. The molecule has 3 rings (SSSR count). The van der Waals surface area contributed by atoms with Gasteiger partial charge in [0.2, 0.25) is 0 Å². The molecule has 0 saturated heterocycles. The lowest BCUT2D eigenvalue weighted by Gasteiger charge is -2.09. The maximum atomic E-state index is 9.05. The van der Waals surface area contributed by atoms with Crippen molar-refractivity contribution in [1.29, 1.82) is 0 Å². The van der Waals surface area contributed by atoms with Crippen molar-refractivity contribution in [3.63, 3.8) is 0 Å². The van der Waals surface area contributed by atoms with Gasteiger partial charge in [0.1, 0.15) is 0 Å². The second-order valence-corrected chi connectivity index (χ2v) is 4.55. The van der Waals surface area contributed by atoms with Crippen molar-refractivity contribution < 1.29 is 5.11 Å². The average molecular weight is 253 g/mol. The van der Waals surface area contributed by atoms with Crippen LogP contribution in [0.3, 0.4) is 0 Å². The van der Waals surface area contributed by atoms with E-state index in [1.54, 1.807) is 0 Å². The number of H-pyrrole nitrogens is 1. The Bertz CT molecular complexity index is 688. The molecule has 19 heavy (non-hydrogen) atoms. The average Bonchev–Trinajstić information content (AvgIpc) is 2.95. The fourth-order valence-electron chi connectivity index (χ4n) is 2.24. The van der Waals surface area contributed by atoms with Crippen LogP contribution in [0.2, 0.25) is 0 Å². The smallest absolute Gasteiger partial charge is 0.0656 e. The number of aromatic nitrogens is 2. The van der Waals surface area contributed by atoms with E-state index in [-0.39, 0.29) is 12.6 Å². The number of aliphatic hydroxyl groups is 1. The monoisotopic (exact) mass is 253 g/mol. The highest BCUT2D eigenvalue weighted by molar-refractivity contribution is 5.94. The van der Waals surface area contributed by atoms with Crippen LogP contribution in [0.15, 0.2) is 48.7 Å². The lowest BCUT2D eigenvalue weighted by molar-refractivity contribution is 0.268. The van der Waals surface area contributed by atoms with Crippen LogP contribution in [0.1, 0.15) is 11.6 Å². The number of aliphatic hydroxyl groups excluding tert-OH is 1.